The number of benzene rings is 1. The van der Waals surface area contributed by atoms with E-state index in [2.05, 4.69) is 12.0 Å². The Morgan fingerprint density at radius 3 is 2.65 bits per heavy atom. The van der Waals surface area contributed by atoms with E-state index in [4.69, 9.17) is 5.73 Å². The quantitative estimate of drug-likeness (QED) is 0.810. The number of rotatable bonds is 2. The summed E-state index contributed by atoms with van der Waals surface area (Å²) >= 11 is 0. The van der Waals surface area contributed by atoms with Gasteiger partial charge in [0.05, 0.1) is 17.1 Å². The Bertz CT molecular complexity index is 558. The average molecular weight is 233 g/mol. The molecule has 2 aromatic rings. The van der Waals surface area contributed by atoms with E-state index in [-0.39, 0.29) is 5.82 Å². The van der Waals surface area contributed by atoms with Gasteiger partial charge < -0.3 is 5.73 Å². The lowest BCUT2D eigenvalue weighted by molar-refractivity contribution is 0.625. The highest BCUT2D eigenvalue weighted by atomic mass is 19.1. The largest absolute Gasteiger partial charge is 0.397 e. The lowest BCUT2D eigenvalue weighted by Crippen LogP contribution is -2.04. The summed E-state index contributed by atoms with van der Waals surface area (Å²) in [4.78, 5) is 0. The number of hydrogen-bond acceptors (Lipinski definition) is 2. The van der Waals surface area contributed by atoms with Crippen LogP contribution >= 0.6 is 0 Å². The highest BCUT2D eigenvalue weighted by molar-refractivity contribution is 5.58. The van der Waals surface area contributed by atoms with Crippen LogP contribution in [0.3, 0.4) is 0 Å². The van der Waals surface area contributed by atoms with Crippen molar-refractivity contribution in [1.82, 2.24) is 9.78 Å². The first-order chi connectivity index (χ1) is 8.04. The Balaban J connectivity index is 2.64. The molecule has 0 aliphatic rings. The van der Waals surface area contributed by atoms with Gasteiger partial charge in [-0.1, -0.05) is 6.92 Å². The third-order valence-corrected chi connectivity index (χ3v) is 3.02. The van der Waals surface area contributed by atoms with Gasteiger partial charge in [0.1, 0.15) is 5.82 Å². The number of halogens is 1. The fourth-order valence-electron chi connectivity index (χ4n) is 2.12. The van der Waals surface area contributed by atoms with Gasteiger partial charge in [0.15, 0.2) is 0 Å². The monoisotopic (exact) mass is 233 g/mol. The van der Waals surface area contributed by atoms with Crippen LogP contribution in [0.15, 0.2) is 18.2 Å². The molecular weight excluding hydrogens is 217 g/mol. The first-order valence-corrected chi connectivity index (χ1v) is 5.65. The molecule has 3 nitrogen and oxygen atoms in total. The molecule has 1 aromatic carbocycles. The number of nitrogen functional groups attached to an aromatic ring is 1. The summed E-state index contributed by atoms with van der Waals surface area (Å²) in [6.45, 7) is 6.01. The van der Waals surface area contributed by atoms with E-state index in [1.165, 1.54) is 17.7 Å². The Morgan fingerprint density at radius 2 is 2.06 bits per heavy atom. The van der Waals surface area contributed by atoms with Gasteiger partial charge in [0.25, 0.3) is 0 Å². The molecule has 0 radical (unpaired) electrons. The van der Waals surface area contributed by atoms with Crippen LogP contribution in [0, 0.1) is 19.7 Å². The van der Waals surface area contributed by atoms with Crippen LogP contribution in [0.1, 0.15) is 23.9 Å². The van der Waals surface area contributed by atoms with Crippen molar-refractivity contribution in [3.8, 4) is 5.69 Å². The van der Waals surface area contributed by atoms with Gasteiger partial charge in [0, 0.05) is 11.8 Å². The molecule has 0 fully saturated rings. The maximum atomic E-state index is 13.3. The predicted molar refractivity (Wildman–Crippen MR) is 66.8 cm³/mol. The van der Waals surface area contributed by atoms with Crippen molar-refractivity contribution in [2.45, 2.75) is 27.2 Å². The van der Waals surface area contributed by atoms with Crippen molar-refractivity contribution in [1.29, 1.82) is 0 Å². The molecule has 0 aliphatic heterocycles. The van der Waals surface area contributed by atoms with Crippen molar-refractivity contribution in [3.63, 3.8) is 0 Å². The average Bonchev–Trinajstić information content (AvgIpc) is 2.57. The van der Waals surface area contributed by atoms with Gasteiger partial charge in [-0.25, -0.2) is 9.07 Å². The number of anilines is 1. The van der Waals surface area contributed by atoms with Crippen molar-refractivity contribution in [2.24, 2.45) is 0 Å². The molecule has 0 bridgehead atoms. The topological polar surface area (TPSA) is 43.8 Å². The predicted octanol–water partition coefficient (Wildman–Crippen LogP) is 2.77. The molecule has 0 atom stereocenters. The van der Waals surface area contributed by atoms with Gasteiger partial charge in [-0.3, -0.25) is 0 Å². The molecule has 0 aliphatic carbocycles. The van der Waals surface area contributed by atoms with Crippen LogP contribution in [0.25, 0.3) is 5.69 Å². The Kier molecular flexibility index (Phi) is 2.88. The summed E-state index contributed by atoms with van der Waals surface area (Å²) < 4.78 is 15.0. The first-order valence-electron chi connectivity index (χ1n) is 5.65. The molecular formula is C13H16FN3. The summed E-state index contributed by atoms with van der Waals surface area (Å²) in [6.07, 6.45) is 0.910. The minimum Gasteiger partial charge on any atom is -0.397 e. The van der Waals surface area contributed by atoms with Gasteiger partial charge in [-0.15, -0.1) is 0 Å². The third-order valence-electron chi connectivity index (χ3n) is 3.02. The van der Waals surface area contributed by atoms with Crippen LogP contribution in [0.4, 0.5) is 10.1 Å². The molecule has 1 aromatic heterocycles. The smallest absolute Gasteiger partial charge is 0.125 e. The van der Waals surface area contributed by atoms with Crippen LogP contribution in [0.2, 0.25) is 0 Å². The summed E-state index contributed by atoms with van der Waals surface area (Å²) in [6, 6.07) is 4.33. The van der Waals surface area contributed by atoms with Gasteiger partial charge in [-0.2, -0.15) is 5.10 Å². The summed E-state index contributed by atoms with van der Waals surface area (Å²) in [5, 5.41) is 4.42. The van der Waals surface area contributed by atoms with Crippen LogP contribution in [-0.4, -0.2) is 9.78 Å². The second kappa shape index (κ2) is 4.20. The minimum absolute atomic E-state index is 0.306. The second-order valence-electron chi connectivity index (χ2n) is 4.12. The van der Waals surface area contributed by atoms with Crippen molar-refractivity contribution < 1.29 is 4.39 Å². The molecule has 0 amide bonds. The fourth-order valence-corrected chi connectivity index (χ4v) is 2.12. The Morgan fingerprint density at radius 1 is 1.35 bits per heavy atom. The summed E-state index contributed by atoms with van der Waals surface area (Å²) in [5.74, 6) is -0.306. The van der Waals surface area contributed by atoms with Crippen molar-refractivity contribution in [2.75, 3.05) is 5.73 Å². The van der Waals surface area contributed by atoms with E-state index < -0.39 is 0 Å². The van der Waals surface area contributed by atoms with Crippen LogP contribution in [-0.2, 0) is 6.42 Å². The zero-order chi connectivity index (χ0) is 12.6. The maximum absolute atomic E-state index is 13.3. The second-order valence-corrected chi connectivity index (χ2v) is 4.12. The normalized spacial score (nSPS) is 10.8. The number of nitrogens with zero attached hydrogens (tertiary/aromatic N) is 2. The van der Waals surface area contributed by atoms with E-state index >= 15 is 0 Å². The summed E-state index contributed by atoms with van der Waals surface area (Å²) in [7, 11) is 0. The van der Waals surface area contributed by atoms with E-state index in [0.29, 0.717) is 11.4 Å². The molecule has 1 heterocycles. The highest BCUT2D eigenvalue weighted by Gasteiger charge is 2.13. The van der Waals surface area contributed by atoms with E-state index in [9.17, 15) is 4.39 Å². The highest BCUT2D eigenvalue weighted by Crippen LogP contribution is 2.23. The maximum Gasteiger partial charge on any atom is 0.125 e. The molecule has 4 heteroatoms. The molecule has 17 heavy (non-hydrogen) atoms. The zero-order valence-electron chi connectivity index (χ0n) is 10.3. The number of hydrogen-bond donors (Lipinski definition) is 1. The lowest BCUT2D eigenvalue weighted by Gasteiger charge is -2.08. The van der Waals surface area contributed by atoms with Gasteiger partial charge in [-0.05, 0) is 38.0 Å². The van der Waals surface area contributed by atoms with Gasteiger partial charge in [0.2, 0.25) is 0 Å². The van der Waals surface area contributed by atoms with E-state index in [1.807, 2.05) is 13.8 Å². The molecule has 2 rings (SSSR count). The molecule has 2 N–H and O–H groups in total. The number of nitrogens with two attached hydrogens (primary N) is 1. The molecule has 0 saturated heterocycles. The van der Waals surface area contributed by atoms with Crippen LogP contribution < -0.4 is 5.73 Å². The van der Waals surface area contributed by atoms with E-state index in [0.717, 1.165) is 17.8 Å². The number of aromatic nitrogens is 2. The fraction of sp³-hybridized carbons (Fsp3) is 0.308. The lowest BCUT2D eigenvalue weighted by atomic mass is 10.1. The molecule has 0 spiro atoms. The molecule has 0 saturated carbocycles. The minimum atomic E-state index is -0.306. The molecule has 0 unspecified atom stereocenters. The van der Waals surface area contributed by atoms with Crippen molar-refractivity contribution in [3.05, 3.63) is 41.0 Å². The Hall–Kier alpha value is -1.84. The van der Waals surface area contributed by atoms with Gasteiger partial charge >= 0.3 is 0 Å². The zero-order valence-corrected chi connectivity index (χ0v) is 10.3. The van der Waals surface area contributed by atoms with E-state index in [1.54, 1.807) is 10.7 Å². The Labute approximate surface area is 100 Å². The number of aryl methyl sites for hydroxylation is 1. The van der Waals surface area contributed by atoms with Crippen molar-refractivity contribution >= 4 is 5.69 Å². The standard InChI is InChI=1S/C13H16FN3/c1-4-11-8(2)16-17(9(11)3)13-7-10(14)5-6-12(13)15/h5-7H,4,15H2,1-3H3. The molecule has 90 valence electrons. The summed E-state index contributed by atoms with van der Waals surface area (Å²) in [5.41, 5.74) is 10.2. The SMILES string of the molecule is CCc1c(C)nn(-c2cc(F)ccc2N)c1C. The first kappa shape index (κ1) is 11.6. The third kappa shape index (κ3) is 1.90. The van der Waals surface area contributed by atoms with Crippen LogP contribution in [0.5, 0.6) is 0 Å².